The lowest BCUT2D eigenvalue weighted by Crippen LogP contribution is -1.75. The highest BCUT2D eigenvalue weighted by Gasteiger charge is 2.13. The number of nitrogens with zero attached hydrogens (tertiary/aromatic N) is 1. The van der Waals surface area contributed by atoms with E-state index in [9.17, 15) is 0 Å². The molecule has 0 atom stereocenters. The Morgan fingerprint density at radius 1 is 0.950 bits per heavy atom. The zero-order valence-electron chi connectivity index (χ0n) is 10.6. The molecule has 2 aromatic carbocycles. The molecule has 0 saturated carbocycles. The van der Waals surface area contributed by atoms with Gasteiger partial charge >= 0.3 is 0 Å². The molecule has 0 radical (unpaired) electrons. The zero-order valence-corrected chi connectivity index (χ0v) is 11.4. The molecule has 0 amide bonds. The van der Waals surface area contributed by atoms with Crippen LogP contribution in [0.1, 0.15) is 5.76 Å². The number of allylic oxidation sites excluding steroid dienone is 1. The smallest absolute Gasteiger partial charge is 0.142 e. The minimum absolute atomic E-state index is 0.888. The summed E-state index contributed by atoms with van der Waals surface area (Å²) in [5.74, 6) is 0.888. The Morgan fingerprint density at radius 2 is 1.80 bits per heavy atom. The number of hydrogen-bond donors (Lipinski definition) is 0. The van der Waals surface area contributed by atoms with E-state index in [4.69, 9.17) is 4.42 Å². The molecule has 0 unspecified atom stereocenters. The first kappa shape index (κ1) is 11.6. The lowest BCUT2D eigenvalue weighted by Gasteiger charge is -2.03. The first-order valence-electron chi connectivity index (χ1n) is 6.40. The second-order valence-electron chi connectivity index (χ2n) is 4.53. The number of aliphatic imine (C=N–C) groups is 1. The van der Waals surface area contributed by atoms with Gasteiger partial charge in [0.2, 0.25) is 0 Å². The average molecular weight is 277 g/mol. The van der Waals surface area contributed by atoms with Gasteiger partial charge in [0.25, 0.3) is 0 Å². The van der Waals surface area contributed by atoms with E-state index in [1.54, 1.807) is 11.8 Å². The van der Waals surface area contributed by atoms with Gasteiger partial charge in [0.15, 0.2) is 0 Å². The molecule has 2 nitrogen and oxygen atoms in total. The maximum Gasteiger partial charge on any atom is 0.142 e. The molecule has 1 aliphatic rings. The third-order valence-corrected chi connectivity index (χ3v) is 4.32. The lowest BCUT2D eigenvalue weighted by molar-refractivity contribution is 0.603. The van der Waals surface area contributed by atoms with E-state index in [0.717, 1.165) is 32.2 Å². The SMILES string of the molecule is C1=Nc2ccccc2SC(c2cc3ccccc3o2)=C1. The van der Waals surface area contributed by atoms with E-state index in [2.05, 4.69) is 23.2 Å². The van der Waals surface area contributed by atoms with Gasteiger partial charge in [-0.15, -0.1) is 0 Å². The van der Waals surface area contributed by atoms with Gasteiger partial charge in [0.05, 0.1) is 10.6 Å². The first-order valence-corrected chi connectivity index (χ1v) is 7.22. The molecular weight excluding hydrogens is 266 g/mol. The predicted octanol–water partition coefficient (Wildman–Crippen LogP) is 5.28. The fraction of sp³-hybridized carbons (Fsp3) is 0. The van der Waals surface area contributed by atoms with Crippen LogP contribution < -0.4 is 0 Å². The highest BCUT2D eigenvalue weighted by molar-refractivity contribution is 8.08. The standard InChI is InChI=1S/C17H11NOS/c1-3-7-14-12(5-1)11-15(19-14)17-9-10-18-13-6-2-4-8-16(13)20-17/h1-11H. The summed E-state index contributed by atoms with van der Waals surface area (Å²) in [6.07, 6.45) is 3.84. The second kappa shape index (κ2) is 4.69. The fourth-order valence-corrected chi connectivity index (χ4v) is 3.16. The van der Waals surface area contributed by atoms with Crippen molar-refractivity contribution in [2.24, 2.45) is 4.99 Å². The van der Waals surface area contributed by atoms with Gasteiger partial charge in [-0.1, -0.05) is 42.1 Å². The average Bonchev–Trinajstić information content (AvgIpc) is 2.80. The van der Waals surface area contributed by atoms with Crippen molar-refractivity contribution in [3.8, 4) is 0 Å². The number of thioether (sulfide) groups is 1. The lowest BCUT2D eigenvalue weighted by atomic mass is 10.2. The summed E-state index contributed by atoms with van der Waals surface area (Å²) in [6.45, 7) is 0. The molecule has 0 fully saturated rings. The molecule has 1 aliphatic heterocycles. The van der Waals surface area contributed by atoms with Crippen molar-refractivity contribution < 1.29 is 4.42 Å². The van der Waals surface area contributed by atoms with E-state index in [0.29, 0.717) is 0 Å². The highest BCUT2D eigenvalue weighted by Crippen LogP contribution is 2.41. The van der Waals surface area contributed by atoms with Crippen LogP contribution in [0.5, 0.6) is 0 Å². The van der Waals surface area contributed by atoms with Gasteiger partial charge in [-0.3, -0.25) is 4.99 Å². The van der Waals surface area contributed by atoms with Crippen LogP contribution in [0, 0.1) is 0 Å². The Kier molecular flexibility index (Phi) is 2.71. The quantitative estimate of drug-likeness (QED) is 0.604. The van der Waals surface area contributed by atoms with Crippen LogP contribution in [0.4, 0.5) is 5.69 Å². The Balaban J connectivity index is 1.79. The molecule has 0 spiro atoms. The number of para-hydroxylation sites is 2. The molecule has 3 aromatic rings. The zero-order chi connectivity index (χ0) is 13.4. The van der Waals surface area contributed by atoms with E-state index < -0.39 is 0 Å². The number of furan rings is 1. The number of benzene rings is 2. The molecule has 2 heterocycles. The number of hydrogen-bond acceptors (Lipinski definition) is 3. The van der Waals surface area contributed by atoms with Crippen LogP contribution in [0.15, 0.2) is 75.0 Å². The molecule has 0 saturated heterocycles. The van der Waals surface area contributed by atoms with Crippen molar-refractivity contribution in [3.05, 3.63) is 66.4 Å². The number of fused-ring (bicyclic) bond motifs is 2. The minimum Gasteiger partial charge on any atom is -0.456 e. The van der Waals surface area contributed by atoms with E-state index in [1.165, 1.54) is 0 Å². The Hall–Kier alpha value is -2.26. The van der Waals surface area contributed by atoms with Crippen molar-refractivity contribution in [1.82, 2.24) is 0 Å². The summed E-state index contributed by atoms with van der Waals surface area (Å²) in [5.41, 5.74) is 1.92. The van der Waals surface area contributed by atoms with Crippen LogP contribution in [0.2, 0.25) is 0 Å². The molecule has 20 heavy (non-hydrogen) atoms. The summed E-state index contributed by atoms with van der Waals surface area (Å²) in [4.78, 5) is 6.68. The van der Waals surface area contributed by atoms with E-state index in [-0.39, 0.29) is 0 Å². The molecule has 3 heteroatoms. The largest absolute Gasteiger partial charge is 0.456 e. The summed E-state index contributed by atoms with van der Waals surface area (Å²) in [6, 6.07) is 18.3. The predicted molar refractivity (Wildman–Crippen MR) is 84.6 cm³/mol. The van der Waals surface area contributed by atoms with Gasteiger partial charge in [0, 0.05) is 16.5 Å². The fourth-order valence-electron chi connectivity index (χ4n) is 2.22. The van der Waals surface area contributed by atoms with Crippen LogP contribution in [0.3, 0.4) is 0 Å². The normalized spacial score (nSPS) is 13.9. The Labute approximate surface area is 120 Å². The highest BCUT2D eigenvalue weighted by atomic mass is 32.2. The Bertz CT molecular complexity index is 812. The van der Waals surface area contributed by atoms with Crippen molar-refractivity contribution >= 4 is 39.5 Å². The molecule has 96 valence electrons. The van der Waals surface area contributed by atoms with E-state index in [1.807, 2.05) is 48.7 Å². The van der Waals surface area contributed by atoms with Crippen LogP contribution in [0.25, 0.3) is 15.9 Å². The van der Waals surface area contributed by atoms with Crippen molar-refractivity contribution in [2.75, 3.05) is 0 Å². The van der Waals surface area contributed by atoms with Crippen LogP contribution in [-0.2, 0) is 0 Å². The summed E-state index contributed by atoms with van der Waals surface area (Å²) in [5, 5.41) is 1.12. The first-order chi connectivity index (χ1) is 9.90. The topological polar surface area (TPSA) is 25.5 Å². The third-order valence-electron chi connectivity index (χ3n) is 3.19. The summed E-state index contributed by atoms with van der Waals surface area (Å²) in [7, 11) is 0. The summed E-state index contributed by atoms with van der Waals surface area (Å²) < 4.78 is 5.93. The molecular formula is C17H11NOS. The van der Waals surface area contributed by atoms with Crippen molar-refractivity contribution in [2.45, 2.75) is 4.90 Å². The van der Waals surface area contributed by atoms with Gasteiger partial charge in [-0.2, -0.15) is 0 Å². The number of rotatable bonds is 1. The second-order valence-corrected chi connectivity index (χ2v) is 5.61. The maximum absolute atomic E-state index is 5.93. The van der Waals surface area contributed by atoms with Gasteiger partial charge in [-0.05, 0) is 30.3 Å². The minimum atomic E-state index is 0.888. The molecule has 0 bridgehead atoms. The van der Waals surface area contributed by atoms with Crippen LogP contribution >= 0.6 is 11.8 Å². The molecule has 1 aromatic heterocycles. The maximum atomic E-state index is 5.93. The van der Waals surface area contributed by atoms with Crippen molar-refractivity contribution in [3.63, 3.8) is 0 Å². The molecule has 4 rings (SSSR count). The van der Waals surface area contributed by atoms with Crippen LogP contribution in [-0.4, -0.2) is 6.21 Å². The molecule has 0 aliphatic carbocycles. The summed E-state index contributed by atoms with van der Waals surface area (Å²) >= 11 is 1.69. The third kappa shape index (κ3) is 1.96. The van der Waals surface area contributed by atoms with Gasteiger partial charge in [0.1, 0.15) is 11.3 Å². The van der Waals surface area contributed by atoms with Gasteiger partial charge in [-0.25, -0.2) is 0 Å². The van der Waals surface area contributed by atoms with Crippen molar-refractivity contribution in [1.29, 1.82) is 0 Å². The van der Waals surface area contributed by atoms with E-state index >= 15 is 0 Å². The molecule has 0 N–H and O–H groups in total. The monoisotopic (exact) mass is 277 g/mol. The Morgan fingerprint density at radius 3 is 2.75 bits per heavy atom. The van der Waals surface area contributed by atoms with Gasteiger partial charge < -0.3 is 4.42 Å².